The Bertz CT molecular complexity index is 1350. The number of aryl methyl sites for hydroxylation is 1. The zero-order chi connectivity index (χ0) is 26.9. The van der Waals surface area contributed by atoms with Gasteiger partial charge in [-0.2, -0.15) is 5.10 Å². The largest absolute Gasteiger partial charge is 0.342 e. The Kier molecular flexibility index (Phi) is 7.44. The van der Waals surface area contributed by atoms with Crippen molar-refractivity contribution >= 4 is 17.3 Å². The smallest absolute Gasteiger partial charge is 0.227 e. The minimum absolute atomic E-state index is 0.0360. The molecular weight excluding hydrogens is 467 g/mol. The molecule has 1 unspecified atom stereocenters. The van der Waals surface area contributed by atoms with Crippen molar-refractivity contribution in [2.45, 2.75) is 66.3 Å². The summed E-state index contributed by atoms with van der Waals surface area (Å²) in [5.41, 5.74) is 5.62. The maximum absolute atomic E-state index is 13.3. The molecule has 0 spiro atoms. The van der Waals surface area contributed by atoms with E-state index in [1.165, 1.54) is 17.7 Å². The molecule has 0 aliphatic heterocycles. The van der Waals surface area contributed by atoms with Gasteiger partial charge < -0.3 is 4.90 Å². The third-order valence-corrected chi connectivity index (χ3v) is 7.08. The number of halogens is 1. The fraction of sp³-hybridized carbons (Fsp3) is 0.400. The molecule has 0 bridgehead atoms. The number of carbonyl (C=O) groups is 2. The Hall–Kier alpha value is -3.61. The lowest BCUT2D eigenvalue weighted by atomic mass is 9.88. The number of amides is 1. The maximum Gasteiger partial charge on any atom is 0.227 e. The summed E-state index contributed by atoms with van der Waals surface area (Å²) in [6, 6.07) is 8.25. The molecule has 194 valence electrons. The quantitative estimate of drug-likeness (QED) is 0.394. The zero-order valence-electron chi connectivity index (χ0n) is 22.5. The molecule has 1 aliphatic rings. The van der Waals surface area contributed by atoms with E-state index in [1.807, 2.05) is 52.6 Å². The molecular formula is C30H35FN4O2. The lowest BCUT2D eigenvalue weighted by Crippen LogP contribution is -2.43. The topological polar surface area (TPSA) is 68.1 Å². The van der Waals surface area contributed by atoms with Crippen LogP contribution < -0.4 is 0 Å². The summed E-state index contributed by atoms with van der Waals surface area (Å²) in [6.45, 7) is 9.72. The number of benzene rings is 1. The highest BCUT2D eigenvalue weighted by molar-refractivity contribution is 5.98. The summed E-state index contributed by atoms with van der Waals surface area (Å²) in [6.07, 6.45) is 8.36. The van der Waals surface area contributed by atoms with Crippen LogP contribution in [-0.2, 0) is 11.2 Å². The summed E-state index contributed by atoms with van der Waals surface area (Å²) in [5.74, 6) is -0.190. The van der Waals surface area contributed by atoms with Crippen LogP contribution in [0.25, 0.3) is 11.3 Å². The van der Waals surface area contributed by atoms with E-state index >= 15 is 0 Å². The molecule has 6 nitrogen and oxygen atoms in total. The molecule has 1 amide bonds. The van der Waals surface area contributed by atoms with Crippen molar-refractivity contribution in [3.63, 3.8) is 0 Å². The van der Waals surface area contributed by atoms with Crippen LogP contribution in [0.3, 0.4) is 0 Å². The van der Waals surface area contributed by atoms with Gasteiger partial charge in [-0.05, 0) is 74.1 Å². The van der Waals surface area contributed by atoms with Crippen molar-refractivity contribution in [3.8, 4) is 5.69 Å². The lowest BCUT2D eigenvalue weighted by molar-refractivity contribution is -0.140. The zero-order valence-corrected chi connectivity index (χ0v) is 22.5. The van der Waals surface area contributed by atoms with Gasteiger partial charge in [0.15, 0.2) is 5.78 Å². The molecule has 1 aromatic carbocycles. The van der Waals surface area contributed by atoms with Crippen molar-refractivity contribution in [2.24, 2.45) is 5.41 Å². The first-order chi connectivity index (χ1) is 17.5. The molecule has 1 aliphatic carbocycles. The number of rotatable bonds is 6. The summed E-state index contributed by atoms with van der Waals surface area (Å²) in [5, 5.41) is 4.34. The Morgan fingerprint density at radius 3 is 2.43 bits per heavy atom. The lowest BCUT2D eigenvalue weighted by Gasteiger charge is -2.35. The van der Waals surface area contributed by atoms with Crippen molar-refractivity contribution in [2.75, 3.05) is 7.05 Å². The molecule has 1 atom stereocenters. The first kappa shape index (κ1) is 26.5. The monoisotopic (exact) mass is 502 g/mol. The number of hydrogen-bond donors (Lipinski definition) is 0. The molecule has 7 heteroatoms. The van der Waals surface area contributed by atoms with Gasteiger partial charge in [0.05, 0.1) is 28.8 Å². The number of Topliss-reactive ketones (excluding diaryl/α,β-unsaturated/α-hetero) is 1. The average molecular weight is 503 g/mol. The van der Waals surface area contributed by atoms with E-state index in [0.29, 0.717) is 11.3 Å². The summed E-state index contributed by atoms with van der Waals surface area (Å²) in [4.78, 5) is 32.3. The van der Waals surface area contributed by atoms with Gasteiger partial charge in [0.1, 0.15) is 5.82 Å². The minimum atomic E-state index is -0.387. The number of allylic oxidation sites excluding steroid dienone is 1. The predicted molar refractivity (Wildman–Crippen MR) is 143 cm³/mol. The molecule has 0 N–H and O–H groups in total. The maximum atomic E-state index is 13.3. The fourth-order valence-corrected chi connectivity index (χ4v) is 4.95. The molecule has 2 aromatic heterocycles. The molecule has 2 heterocycles. The Balaban J connectivity index is 1.44. The van der Waals surface area contributed by atoms with Gasteiger partial charge in [-0.1, -0.05) is 32.9 Å². The first-order valence-corrected chi connectivity index (χ1v) is 12.7. The van der Waals surface area contributed by atoms with Crippen molar-refractivity contribution in [3.05, 3.63) is 82.7 Å². The van der Waals surface area contributed by atoms with Gasteiger partial charge in [0.2, 0.25) is 5.91 Å². The van der Waals surface area contributed by atoms with Crippen LogP contribution in [0.4, 0.5) is 4.39 Å². The predicted octanol–water partition coefficient (Wildman–Crippen LogP) is 5.89. The number of pyridine rings is 1. The van der Waals surface area contributed by atoms with Crippen LogP contribution in [0.15, 0.2) is 48.8 Å². The van der Waals surface area contributed by atoms with Gasteiger partial charge >= 0.3 is 0 Å². The molecule has 0 fully saturated rings. The highest BCUT2D eigenvalue weighted by Crippen LogP contribution is 2.31. The second-order valence-electron chi connectivity index (χ2n) is 11.0. The van der Waals surface area contributed by atoms with Gasteiger partial charge in [0, 0.05) is 31.1 Å². The van der Waals surface area contributed by atoms with Crippen molar-refractivity contribution in [1.82, 2.24) is 19.7 Å². The van der Waals surface area contributed by atoms with Gasteiger partial charge in [-0.15, -0.1) is 0 Å². The highest BCUT2D eigenvalue weighted by atomic mass is 19.1. The third-order valence-electron chi connectivity index (χ3n) is 7.08. The minimum Gasteiger partial charge on any atom is -0.342 e. The van der Waals surface area contributed by atoms with Gasteiger partial charge in [-0.25, -0.2) is 9.07 Å². The van der Waals surface area contributed by atoms with Crippen molar-refractivity contribution in [1.29, 1.82) is 0 Å². The number of aromatic nitrogens is 3. The van der Waals surface area contributed by atoms with Crippen LogP contribution in [0.1, 0.15) is 72.9 Å². The van der Waals surface area contributed by atoms with Crippen LogP contribution in [0.2, 0.25) is 0 Å². The normalized spacial score (nSPS) is 15.9. The van der Waals surface area contributed by atoms with E-state index < -0.39 is 0 Å². The fourth-order valence-electron chi connectivity index (χ4n) is 4.95. The molecule has 3 aromatic rings. The van der Waals surface area contributed by atoms with Crippen LogP contribution in [0, 0.1) is 25.1 Å². The second-order valence-corrected chi connectivity index (χ2v) is 11.0. The standard InChI is InChI=1S/C30H35FN4O2/c1-19-15-21(16-27(36)26-18-33-35(20(26)2)25-13-9-23(31)10-14-25)17-32-28(19)22-7-11-24(12-8-22)34(6)29(37)30(3,4)5/h7,9-10,13-15,17-18,24H,8,11-12,16H2,1-6H3. The van der Waals surface area contributed by atoms with E-state index in [2.05, 4.69) is 11.2 Å². The summed E-state index contributed by atoms with van der Waals surface area (Å²) < 4.78 is 14.9. The summed E-state index contributed by atoms with van der Waals surface area (Å²) in [7, 11) is 1.90. The number of ketones is 1. The average Bonchev–Trinajstić information content (AvgIpc) is 3.24. The van der Waals surface area contributed by atoms with E-state index in [9.17, 15) is 14.0 Å². The van der Waals surface area contributed by atoms with Crippen LogP contribution >= 0.6 is 0 Å². The Morgan fingerprint density at radius 1 is 1.14 bits per heavy atom. The summed E-state index contributed by atoms with van der Waals surface area (Å²) >= 11 is 0. The van der Waals surface area contributed by atoms with Crippen LogP contribution in [-0.4, -0.2) is 44.4 Å². The van der Waals surface area contributed by atoms with E-state index in [4.69, 9.17) is 4.98 Å². The molecule has 0 saturated heterocycles. The third kappa shape index (κ3) is 5.71. The van der Waals surface area contributed by atoms with Gasteiger partial charge in [-0.3, -0.25) is 14.6 Å². The van der Waals surface area contributed by atoms with E-state index in [1.54, 1.807) is 29.2 Å². The van der Waals surface area contributed by atoms with Gasteiger partial charge in [0.25, 0.3) is 0 Å². The number of hydrogen-bond acceptors (Lipinski definition) is 4. The van der Waals surface area contributed by atoms with E-state index in [0.717, 1.165) is 41.8 Å². The molecule has 4 rings (SSSR count). The Morgan fingerprint density at radius 2 is 1.84 bits per heavy atom. The highest BCUT2D eigenvalue weighted by Gasteiger charge is 2.30. The van der Waals surface area contributed by atoms with Crippen LogP contribution in [0.5, 0.6) is 0 Å². The van der Waals surface area contributed by atoms with Crippen molar-refractivity contribution < 1.29 is 14.0 Å². The molecule has 0 radical (unpaired) electrons. The Labute approximate surface area is 218 Å². The first-order valence-electron chi connectivity index (χ1n) is 12.7. The van der Waals surface area contributed by atoms with E-state index in [-0.39, 0.29) is 35.4 Å². The SMILES string of the molecule is Cc1cc(CC(=O)c2cnn(-c3ccc(F)cc3)c2C)cnc1C1=CCC(N(C)C(=O)C(C)(C)C)CC1. The number of nitrogens with zero attached hydrogens (tertiary/aromatic N) is 4. The second kappa shape index (κ2) is 10.4. The molecule has 0 saturated carbocycles. The molecule has 37 heavy (non-hydrogen) atoms. The number of carbonyl (C=O) groups excluding carboxylic acids is 2.